The molecular weight excluding hydrogens is 232 g/mol. The second-order valence-corrected chi connectivity index (χ2v) is 4.73. The van der Waals surface area contributed by atoms with Crippen LogP contribution >= 0.6 is 0 Å². The number of nitrogens with one attached hydrogen (secondary N) is 1. The Labute approximate surface area is 108 Å². The summed E-state index contributed by atoms with van der Waals surface area (Å²) in [5.74, 6) is -0.958. The van der Waals surface area contributed by atoms with E-state index in [-0.39, 0.29) is 6.03 Å². The van der Waals surface area contributed by atoms with Crippen molar-refractivity contribution in [3.05, 3.63) is 11.6 Å². The maximum atomic E-state index is 11.9. The van der Waals surface area contributed by atoms with Crippen molar-refractivity contribution < 1.29 is 14.7 Å². The molecule has 102 valence electrons. The predicted molar refractivity (Wildman–Crippen MR) is 69.4 cm³/mol. The van der Waals surface area contributed by atoms with E-state index in [9.17, 15) is 9.59 Å². The zero-order chi connectivity index (χ0) is 13.5. The zero-order valence-electron chi connectivity index (χ0n) is 11.1. The maximum absolute atomic E-state index is 11.9. The van der Waals surface area contributed by atoms with E-state index in [1.54, 1.807) is 4.90 Å². The molecule has 0 aliphatic carbocycles. The smallest absolute Gasteiger partial charge is 0.326 e. The van der Waals surface area contributed by atoms with E-state index in [1.807, 2.05) is 19.9 Å². The van der Waals surface area contributed by atoms with Crippen LogP contribution in [-0.2, 0) is 4.79 Å². The van der Waals surface area contributed by atoms with Gasteiger partial charge in [-0.3, -0.25) is 0 Å². The Morgan fingerprint density at radius 3 is 2.78 bits per heavy atom. The second-order valence-electron chi connectivity index (χ2n) is 4.73. The van der Waals surface area contributed by atoms with Crippen LogP contribution in [0.5, 0.6) is 0 Å². The number of rotatable bonds is 5. The summed E-state index contributed by atoms with van der Waals surface area (Å²) < 4.78 is 0. The van der Waals surface area contributed by atoms with E-state index in [0.29, 0.717) is 19.5 Å². The van der Waals surface area contributed by atoms with Crippen LogP contribution in [0.15, 0.2) is 11.6 Å². The van der Waals surface area contributed by atoms with Crippen LogP contribution in [0.2, 0.25) is 0 Å². The van der Waals surface area contributed by atoms with Crippen LogP contribution in [0.1, 0.15) is 39.5 Å². The molecular formula is C13H22N2O3. The number of amides is 2. The lowest BCUT2D eigenvalue weighted by Gasteiger charge is -2.27. The van der Waals surface area contributed by atoms with Gasteiger partial charge in [0.15, 0.2) is 0 Å². The van der Waals surface area contributed by atoms with Gasteiger partial charge in [0.1, 0.15) is 6.04 Å². The first-order chi connectivity index (χ1) is 8.54. The summed E-state index contributed by atoms with van der Waals surface area (Å²) in [7, 11) is 0. The first-order valence-electron chi connectivity index (χ1n) is 6.48. The summed E-state index contributed by atoms with van der Waals surface area (Å²) in [6.07, 6.45) is 5.08. The number of unbranched alkanes of at least 4 members (excludes halogenated alkanes) is 1. The summed E-state index contributed by atoms with van der Waals surface area (Å²) in [5, 5.41) is 11.6. The van der Waals surface area contributed by atoms with Crippen LogP contribution in [0.3, 0.4) is 0 Å². The molecule has 1 heterocycles. The van der Waals surface area contributed by atoms with Crippen molar-refractivity contribution >= 4 is 12.0 Å². The highest BCUT2D eigenvalue weighted by molar-refractivity contribution is 5.82. The minimum absolute atomic E-state index is 0.276. The van der Waals surface area contributed by atoms with Gasteiger partial charge in [-0.15, -0.1) is 0 Å². The largest absolute Gasteiger partial charge is 0.480 e. The first-order valence-corrected chi connectivity index (χ1v) is 6.48. The third kappa shape index (κ3) is 4.39. The van der Waals surface area contributed by atoms with E-state index >= 15 is 0 Å². The number of carbonyl (C=O) groups excluding carboxylic acids is 1. The molecule has 0 fully saturated rings. The fourth-order valence-electron chi connectivity index (χ4n) is 1.86. The molecule has 2 amide bonds. The van der Waals surface area contributed by atoms with Crippen molar-refractivity contribution in [2.75, 3.05) is 13.1 Å². The highest BCUT2D eigenvalue weighted by Crippen LogP contribution is 2.10. The van der Waals surface area contributed by atoms with Gasteiger partial charge in [-0.05, 0) is 19.8 Å². The van der Waals surface area contributed by atoms with Crippen LogP contribution in [-0.4, -0.2) is 41.1 Å². The second kappa shape index (κ2) is 7.03. The summed E-state index contributed by atoms with van der Waals surface area (Å²) in [6, 6.07) is -1.05. The number of aliphatic carboxylic acids is 1. The molecule has 0 aromatic carbocycles. The van der Waals surface area contributed by atoms with Crippen molar-refractivity contribution in [2.24, 2.45) is 0 Å². The van der Waals surface area contributed by atoms with Crippen LogP contribution in [0, 0.1) is 0 Å². The standard InChI is InChI=1S/C13H22N2O3/c1-3-4-5-11(12(16)17)14-13(18)15-8-6-10(2)7-9-15/h6,11H,3-5,7-9H2,1-2H3,(H,14,18)(H,16,17). The summed E-state index contributed by atoms with van der Waals surface area (Å²) in [5.41, 5.74) is 1.28. The van der Waals surface area contributed by atoms with Gasteiger partial charge >= 0.3 is 12.0 Å². The zero-order valence-corrected chi connectivity index (χ0v) is 11.1. The van der Waals surface area contributed by atoms with E-state index < -0.39 is 12.0 Å². The molecule has 0 saturated heterocycles. The van der Waals surface area contributed by atoms with Crippen molar-refractivity contribution in [3.8, 4) is 0 Å². The van der Waals surface area contributed by atoms with Gasteiger partial charge in [0, 0.05) is 13.1 Å². The summed E-state index contributed by atoms with van der Waals surface area (Å²) in [6.45, 7) is 5.27. The summed E-state index contributed by atoms with van der Waals surface area (Å²) >= 11 is 0. The average Bonchev–Trinajstić information content (AvgIpc) is 2.34. The van der Waals surface area contributed by atoms with Gasteiger partial charge in [0.25, 0.3) is 0 Å². The molecule has 0 spiro atoms. The molecule has 1 aliphatic rings. The highest BCUT2D eigenvalue weighted by atomic mass is 16.4. The Balaban J connectivity index is 2.48. The lowest BCUT2D eigenvalue weighted by Crippen LogP contribution is -2.49. The maximum Gasteiger partial charge on any atom is 0.326 e. The molecule has 1 atom stereocenters. The molecule has 1 rings (SSSR count). The van der Waals surface area contributed by atoms with Crippen LogP contribution < -0.4 is 5.32 Å². The first kappa shape index (κ1) is 14.5. The molecule has 5 heteroatoms. The molecule has 0 saturated carbocycles. The van der Waals surface area contributed by atoms with E-state index in [1.165, 1.54) is 5.57 Å². The number of carbonyl (C=O) groups is 2. The van der Waals surface area contributed by atoms with Gasteiger partial charge in [-0.2, -0.15) is 0 Å². The summed E-state index contributed by atoms with van der Waals surface area (Å²) in [4.78, 5) is 24.6. The minimum atomic E-state index is -0.958. The van der Waals surface area contributed by atoms with E-state index in [0.717, 1.165) is 19.3 Å². The van der Waals surface area contributed by atoms with Gasteiger partial charge < -0.3 is 15.3 Å². The minimum Gasteiger partial charge on any atom is -0.480 e. The molecule has 0 radical (unpaired) electrons. The lowest BCUT2D eigenvalue weighted by molar-refractivity contribution is -0.139. The number of nitrogens with zero attached hydrogens (tertiary/aromatic N) is 1. The van der Waals surface area contributed by atoms with E-state index in [2.05, 4.69) is 5.32 Å². The van der Waals surface area contributed by atoms with Crippen LogP contribution in [0.25, 0.3) is 0 Å². The van der Waals surface area contributed by atoms with Gasteiger partial charge in [-0.25, -0.2) is 9.59 Å². The normalized spacial score (nSPS) is 17.0. The van der Waals surface area contributed by atoms with Crippen LogP contribution in [0.4, 0.5) is 4.79 Å². The topological polar surface area (TPSA) is 69.6 Å². The highest BCUT2D eigenvalue weighted by Gasteiger charge is 2.23. The van der Waals surface area contributed by atoms with Gasteiger partial charge in [-0.1, -0.05) is 31.4 Å². The molecule has 0 bridgehead atoms. The quantitative estimate of drug-likeness (QED) is 0.737. The van der Waals surface area contributed by atoms with Crippen molar-refractivity contribution in [3.63, 3.8) is 0 Å². The Morgan fingerprint density at radius 2 is 2.28 bits per heavy atom. The molecule has 2 N–H and O–H groups in total. The molecule has 18 heavy (non-hydrogen) atoms. The monoisotopic (exact) mass is 254 g/mol. The Hall–Kier alpha value is -1.52. The number of hydrogen-bond acceptors (Lipinski definition) is 2. The predicted octanol–water partition coefficient (Wildman–Crippen LogP) is 1.99. The number of urea groups is 1. The van der Waals surface area contributed by atoms with E-state index in [4.69, 9.17) is 5.11 Å². The average molecular weight is 254 g/mol. The third-order valence-electron chi connectivity index (χ3n) is 3.17. The van der Waals surface area contributed by atoms with Crippen molar-refractivity contribution in [1.29, 1.82) is 0 Å². The Kier molecular flexibility index (Phi) is 5.68. The van der Waals surface area contributed by atoms with Gasteiger partial charge in [0.05, 0.1) is 0 Å². The number of carboxylic acids is 1. The number of hydrogen-bond donors (Lipinski definition) is 2. The molecule has 0 aromatic rings. The number of carboxylic acid groups (broad SMARTS) is 1. The van der Waals surface area contributed by atoms with Gasteiger partial charge in [0.2, 0.25) is 0 Å². The Morgan fingerprint density at radius 1 is 1.56 bits per heavy atom. The molecule has 1 aliphatic heterocycles. The Bertz CT molecular complexity index is 339. The molecule has 1 unspecified atom stereocenters. The lowest BCUT2D eigenvalue weighted by atomic mass is 10.1. The fraction of sp³-hybridized carbons (Fsp3) is 0.692. The van der Waals surface area contributed by atoms with Crippen molar-refractivity contribution in [2.45, 2.75) is 45.6 Å². The molecule has 0 aromatic heterocycles. The molecule has 5 nitrogen and oxygen atoms in total. The fourth-order valence-corrected chi connectivity index (χ4v) is 1.86. The van der Waals surface area contributed by atoms with Crippen molar-refractivity contribution in [1.82, 2.24) is 10.2 Å². The third-order valence-corrected chi connectivity index (χ3v) is 3.17. The SMILES string of the molecule is CCCCC(NC(=O)N1CC=C(C)CC1)C(=O)O.